The molecule has 1 aliphatic heterocycles. The fourth-order valence-corrected chi connectivity index (χ4v) is 5.52. The molecule has 0 spiro atoms. The van der Waals surface area contributed by atoms with Gasteiger partial charge in [0.05, 0.1) is 26.1 Å². The Balaban J connectivity index is 1.33. The Kier molecular flexibility index (Phi) is 3.43. The number of methoxy groups -OCH3 is 2. The van der Waals surface area contributed by atoms with Gasteiger partial charge in [-0.3, -0.25) is 14.5 Å². The fraction of sp³-hybridized carbons (Fsp3) is 0.524. The second-order valence-electron chi connectivity index (χ2n) is 7.92. The Hall–Kier alpha value is -2.30. The maximum absolute atomic E-state index is 13.0. The lowest BCUT2D eigenvalue weighted by molar-refractivity contribution is -0.140. The summed E-state index contributed by atoms with van der Waals surface area (Å²) in [6.45, 7) is 0.439. The molecule has 136 valence electrons. The van der Waals surface area contributed by atoms with Gasteiger partial charge < -0.3 is 9.47 Å². The van der Waals surface area contributed by atoms with Crippen LogP contribution in [0.4, 0.5) is 0 Å². The summed E-state index contributed by atoms with van der Waals surface area (Å²) in [4.78, 5) is 27.5. The predicted octanol–water partition coefficient (Wildman–Crippen LogP) is 2.30. The third-order valence-corrected chi connectivity index (χ3v) is 6.83. The number of nitrogens with zero attached hydrogens (tertiary/aromatic N) is 1. The van der Waals surface area contributed by atoms with Gasteiger partial charge >= 0.3 is 0 Å². The maximum atomic E-state index is 13.0. The molecular weight excluding hydrogens is 330 g/mol. The van der Waals surface area contributed by atoms with Crippen molar-refractivity contribution < 1.29 is 19.1 Å². The average molecular weight is 353 g/mol. The van der Waals surface area contributed by atoms with Crippen molar-refractivity contribution in [2.75, 3.05) is 20.8 Å². The SMILES string of the molecule is COc1ccc(CCN2C(=O)[C@@H]3[C@@H]4C=C[C@H]([C@@H]5C[C@H]45)[C@H]3C2=O)cc1OC. The molecule has 1 aromatic rings. The van der Waals surface area contributed by atoms with E-state index in [-0.39, 0.29) is 35.5 Å². The zero-order chi connectivity index (χ0) is 18.0. The predicted molar refractivity (Wildman–Crippen MR) is 94.7 cm³/mol. The Morgan fingerprint density at radius 3 is 2.15 bits per heavy atom. The zero-order valence-corrected chi connectivity index (χ0v) is 15.1. The quantitative estimate of drug-likeness (QED) is 0.602. The lowest BCUT2D eigenvalue weighted by Gasteiger charge is -2.37. The number of imide groups is 1. The molecule has 1 heterocycles. The van der Waals surface area contributed by atoms with Crippen LogP contribution in [-0.2, 0) is 16.0 Å². The molecule has 0 unspecified atom stereocenters. The number of benzene rings is 1. The normalized spacial score (nSPS) is 36.2. The van der Waals surface area contributed by atoms with Crippen LogP contribution in [-0.4, -0.2) is 37.5 Å². The van der Waals surface area contributed by atoms with Gasteiger partial charge in [0.1, 0.15) is 0 Å². The van der Waals surface area contributed by atoms with Crippen LogP contribution in [0.1, 0.15) is 12.0 Å². The van der Waals surface area contributed by atoms with Gasteiger partial charge in [0.25, 0.3) is 0 Å². The van der Waals surface area contributed by atoms with Gasteiger partial charge in [-0.25, -0.2) is 0 Å². The first-order valence-electron chi connectivity index (χ1n) is 9.38. The molecule has 26 heavy (non-hydrogen) atoms. The van der Waals surface area contributed by atoms with Gasteiger partial charge in [-0.2, -0.15) is 0 Å². The molecule has 0 aromatic heterocycles. The van der Waals surface area contributed by atoms with Crippen LogP contribution in [0.5, 0.6) is 11.5 Å². The molecular formula is C21H23NO4. The Morgan fingerprint density at radius 1 is 0.962 bits per heavy atom. The fourth-order valence-electron chi connectivity index (χ4n) is 5.52. The molecule has 3 fully saturated rings. The first-order chi connectivity index (χ1) is 12.6. The van der Waals surface area contributed by atoms with E-state index >= 15 is 0 Å². The number of allylic oxidation sites excluding steroid dienone is 2. The summed E-state index contributed by atoms with van der Waals surface area (Å²) in [7, 11) is 3.21. The highest BCUT2D eigenvalue weighted by Crippen LogP contribution is 2.65. The van der Waals surface area contributed by atoms with E-state index in [0.29, 0.717) is 36.3 Å². The Labute approximate surface area is 153 Å². The molecule has 6 atom stereocenters. The summed E-state index contributed by atoms with van der Waals surface area (Å²) in [5.74, 6) is 3.10. The molecule has 1 aromatic carbocycles. The number of rotatable bonds is 5. The monoisotopic (exact) mass is 353 g/mol. The van der Waals surface area contributed by atoms with E-state index in [1.54, 1.807) is 14.2 Å². The van der Waals surface area contributed by atoms with Crippen LogP contribution < -0.4 is 9.47 Å². The van der Waals surface area contributed by atoms with Crippen molar-refractivity contribution in [1.29, 1.82) is 0 Å². The van der Waals surface area contributed by atoms with Crippen LogP contribution >= 0.6 is 0 Å². The van der Waals surface area contributed by atoms with Crippen LogP contribution in [0.2, 0.25) is 0 Å². The van der Waals surface area contributed by atoms with Gasteiger partial charge in [0.2, 0.25) is 11.8 Å². The van der Waals surface area contributed by atoms with Gasteiger partial charge in [-0.05, 0) is 54.2 Å². The van der Waals surface area contributed by atoms with Crippen LogP contribution in [0.25, 0.3) is 0 Å². The van der Waals surface area contributed by atoms with Gasteiger partial charge in [-0.15, -0.1) is 0 Å². The average Bonchev–Trinajstić information content (AvgIpc) is 3.45. The summed E-state index contributed by atoms with van der Waals surface area (Å²) in [6, 6.07) is 5.73. The zero-order valence-electron chi connectivity index (χ0n) is 15.1. The minimum absolute atomic E-state index is 0.0465. The summed E-state index contributed by atoms with van der Waals surface area (Å²) < 4.78 is 10.6. The van der Waals surface area contributed by atoms with Crippen LogP contribution in [0.3, 0.4) is 0 Å². The van der Waals surface area contributed by atoms with Crippen molar-refractivity contribution in [2.45, 2.75) is 12.8 Å². The third kappa shape index (κ3) is 2.09. The summed E-state index contributed by atoms with van der Waals surface area (Å²) >= 11 is 0. The van der Waals surface area contributed by atoms with Crippen molar-refractivity contribution in [3.05, 3.63) is 35.9 Å². The number of carbonyl (C=O) groups excluding carboxylic acids is 2. The van der Waals surface area contributed by atoms with Crippen molar-refractivity contribution in [2.24, 2.45) is 35.5 Å². The summed E-state index contributed by atoms with van der Waals surface area (Å²) in [5.41, 5.74) is 1.03. The van der Waals surface area contributed by atoms with E-state index in [0.717, 1.165) is 5.56 Å². The van der Waals surface area contributed by atoms with E-state index in [1.165, 1.54) is 11.3 Å². The number of ether oxygens (including phenoxy) is 2. The standard InChI is InChI=1S/C21H23NO4/c1-25-16-6-3-11(9-17(16)26-2)7-8-22-20(23)18-12-4-5-13(15-10-14(12)15)19(18)21(22)24/h3-6,9,12-15,18-19H,7-8,10H2,1-2H3/t12-,13-,14-,15+,18-,19-/m1/s1. The molecule has 2 saturated carbocycles. The Bertz CT molecular complexity index is 780. The highest BCUT2D eigenvalue weighted by atomic mass is 16.5. The van der Waals surface area contributed by atoms with E-state index in [9.17, 15) is 9.59 Å². The smallest absolute Gasteiger partial charge is 0.233 e. The number of likely N-dealkylation sites (tertiary alicyclic amines) is 1. The van der Waals surface area contributed by atoms with Crippen molar-refractivity contribution in [3.8, 4) is 11.5 Å². The van der Waals surface area contributed by atoms with Gasteiger partial charge in [0.15, 0.2) is 11.5 Å². The molecule has 0 N–H and O–H groups in total. The molecule has 5 heteroatoms. The van der Waals surface area contributed by atoms with E-state index in [1.807, 2.05) is 18.2 Å². The van der Waals surface area contributed by atoms with E-state index < -0.39 is 0 Å². The first-order valence-corrected chi connectivity index (χ1v) is 9.38. The lowest BCUT2D eigenvalue weighted by atomic mass is 9.63. The van der Waals surface area contributed by atoms with Crippen LogP contribution in [0.15, 0.2) is 30.4 Å². The largest absolute Gasteiger partial charge is 0.493 e. The molecule has 2 bridgehead atoms. The van der Waals surface area contributed by atoms with Gasteiger partial charge in [-0.1, -0.05) is 18.2 Å². The van der Waals surface area contributed by atoms with Crippen LogP contribution in [0, 0.1) is 35.5 Å². The Morgan fingerprint density at radius 2 is 1.58 bits per heavy atom. The number of hydrogen-bond acceptors (Lipinski definition) is 4. The number of amides is 2. The molecule has 5 nitrogen and oxygen atoms in total. The number of hydrogen-bond donors (Lipinski definition) is 0. The molecule has 0 radical (unpaired) electrons. The molecule has 4 aliphatic carbocycles. The van der Waals surface area contributed by atoms with Crippen molar-refractivity contribution in [3.63, 3.8) is 0 Å². The minimum atomic E-state index is -0.105. The van der Waals surface area contributed by atoms with Crippen molar-refractivity contribution >= 4 is 11.8 Å². The second-order valence-corrected chi connectivity index (χ2v) is 7.92. The minimum Gasteiger partial charge on any atom is -0.493 e. The summed E-state index contributed by atoms with van der Waals surface area (Å²) in [6.07, 6.45) is 6.25. The van der Waals surface area contributed by atoms with Gasteiger partial charge in [0, 0.05) is 6.54 Å². The molecule has 5 aliphatic rings. The van der Waals surface area contributed by atoms with E-state index in [4.69, 9.17) is 9.47 Å². The maximum Gasteiger partial charge on any atom is 0.233 e. The molecule has 1 saturated heterocycles. The van der Waals surface area contributed by atoms with Crippen molar-refractivity contribution in [1.82, 2.24) is 4.90 Å². The molecule has 6 rings (SSSR count). The number of carbonyl (C=O) groups is 2. The second kappa shape index (κ2) is 5.60. The highest BCUT2D eigenvalue weighted by Gasteiger charge is 2.66. The topological polar surface area (TPSA) is 55.8 Å². The highest BCUT2D eigenvalue weighted by molar-refractivity contribution is 6.06. The lowest BCUT2D eigenvalue weighted by Crippen LogP contribution is -2.40. The third-order valence-electron chi connectivity index (χ3n) is 6.83. The van der Waals surface area contributed by atoms with E-state index in [2.05, 4.69) is 12.2 Å². The summed E-state index contributed by atoms with van der Waals surface area (Å²) in [5, 5.41) is 0. The first kappa shape index (κ1) is 15.9. The molecule has 2 amide bonds.